The quantitative estimate of drug-likeness (QED) is 0.0748. The number of hydrogen-bond acceptors (Lipinski definition) is 6. The lowest BCUT2D eigenvalue weighted by molar-refractivity contribution is -0.697. The first-order chi connectivity index (χ1) is 19.0. The number of hydrogen-bond donors (Lipinski definition) is 0. The van der Waals surface area contributed by atoms with Crippen LogP contribution in [0.5, 0.6) is 0 Å². The van der Waals surface area contributed by atoms with Crippen molar-refractivity contribution in [3.63, 3.8) is 0 Å². The molecule has 0 amide bonds. The smallest absolute Gasteiger partial charge is 0.306 e. The highest BCUT2D eigenvalue weighted by Gasteiger charge is 2.18. The first-order valence-corrected chi connectivity index (χ1v) is 15.4. The van der Waals surface area contributed by atoms with E-state index < -0.39 is 12.1 Å². The van der Waals surface area contributed by atoms with Gasteiger partial charge in [-0.15, -0.1) is 0 Å². The van der Waals surface area contributed by atoms with E-state index in [1.807, 2.05) is 35.2 Å². The van der Waals surface area contributed by atoms with Crippen LogP contribution >= 0.6 is 0 Å². The number of carbonyl (C=O) groups excluding carboxylic acids is 3. The van der Waals surface area contributed by atoms with Gasteiger partial charge in [0.2, 0.25) is 0 Å². The highest BCUT2D eigenvalue weighted by Crippen LogP contribution is 2.14. The molecule has 1 rings (SSSR count). The van der Waals surface area contributed by atoms with Gasteiger partial charge >= 0.3 is 17.9 Å². The van der Waals surface area contributed by atoms with Crippen molar-refractivity contribution in [1.82, 2.24) is 0 Å². The topological polar surface area (TPSA) is 82.8 Å². The monoisotopic (exact) mass is 583 g/mol. The molecule has 1 heterocycles. The molecule has 40 heavy (non-hydrogen) atoms. The Labute approximate surface area is 249 Å². The summed E-state index contributed by atoms with van der Waals surface area (Å²) in [6, 6.07) is 5.81. The van der Waals surface area contributed by atoms with Crippen molar-refractivity contribution in [3.05, 3.63) is 30.6 Å². The zero-order valence-electron chi connectivity index (χ0n) is 25.1. The summed E-state index contributed by atoms with van der Waals surface area (Å²) in [5, 5.41) is 0. The van der Waals surface area contributed by atoms with Crippen LogP contribution in [0.15, 0.2) is 30.6 Å². The number of nitrogens with zero attached hydrogens (tertiary/aromatic N) is 1. The van der Waals surface area contributed by atoms with E-state index in [9.17, 15) is 14.4 Å². The molecule has 1 aromatic heterocycles. The largest absolute Gasteiger partial charge is 1.00 e. The summed E-state index contributed by atoms with van der Waals surface area (Å²) >= 11 is 0. The van der Waals surface area contributed by atoms with Crippen LogP contribution in [0.2, 0.25) is 0 Å². The number of rotatable bonds is 25. The van der Waals surface area contributed by atoms with Gasteiger partial charge in [-0.3, -0.25) is 14.4 Å². The molecule has 0 saturated carbocycles. The van der Waals surface area contributed by atoms with E-state index in [-0.39, 0.29) is 44.0 Å². The van der Waals surface area contributed by atoms with Crippen LogP contribution in [0, 0.1) is 0 Å². The third-order valence-corrected chi connectivity index (χ3v) is 6.75. The maximum absolute atomic E-state index is 12.1. The Bertz CT molecular complexity index is 761. The minimum atomic E-state index is -0.792. The third-order valence-electron chi connectivity index (χ3n) is 6.75. The fraction of sp³-hybridized carbons (Fsp3) is 0.750. The molecule has 0 fully saturated rings. The van der Waals surface area contributed by atoms with Gasteiger partial charge in [0.1, 0.15) is 19.8 Å². The van der Waals surface area contributed by atoms with Gasteiger partial charge in [0.25, 0.3) is 0 Å². The Morgan fingerprint density at radius 3 is 1.50 bits per heavy atom. The van der Waals surface area contributed by atoms with Gasteiger partial charge < -0.3 is 26.6 Å². The minimum absolute atomic E-state index is 0. The fourth-order valence-electron chi connectivity index (χ4n) is 4.50. The van der Waals surface area contributed by atoms with Gasteiger partial charge in [-0.2, -0.15) is 0 Å². The highest BCUT2D eigenvalue weighted by atomic mass is 35.5. The van der Waals surface area contributed by atoms with Crippen molar-refractivity contribution >= 4 is 17.9 Å². The Morgan fingerprint density at radius 2 is 1.05 bits per heavy atom. The van der Waals surface area contributed by atoms with E-state index >= 15 is 0 Å². The zero-order valence-corrected chi connectivity index (χ0v) is 25.8. The zero-order chi connectivity index (χ0) is 28.4. The Kier molecular flexibility index (Phi) is 25.6. The number of unbranched alkanes of at least 4 members (excludes halogenated alkanes) is 14. The van der Waals surface area contributed by atoms with Crippen LogP contribution in [-0.2, 0) is 35.1 Å². The summed E-state index contributed by atoms with van der Waals surface area (Å²) < 4.78 is 17.7. The molecular formula is C32H54ClNO6. The van der Waals surface area contributed by atoms with Crippen molar-refractivity contribution < 1.29 is 45.6 Å². The van der Waals surface area contributed by atoms with Gasteiger partial charge in [0.05, 0.1) is 6.42 Å². The molecule has 7 nitrogen and oxygen atoms in total. The molecule has 1 atom stereocenters. The number of halogens is 1. The summed E-state index contributed by atoms with van der Waals surface area (Å²) in [6.07, 6.45) is 23.5. The van der Waals surface area contributed by atoms with Gasteiger partial charge in [-0.05, 0) is 6.42 Å². The van der Waals surface area contributed by atoms with Crippen LogP contribution in [0.1, 0.15) is 129 Å². The van der Waals surface area contributed by atoms with Crippen molar-refractivity contribution in [2.45, 2.75) is 142 Å². The van der Waals surface area contributed by atoms with Crippen LogP contribution < -0.4 is 17.0 Å². The van der Waals surface area contributed by atoms with Crippen molar-refractivity contribution in [2.75, 3.05) is 13.2 Å². The number of ether oxygens (including phenoxy) is 3. The summed E-state index contributed by atoms with van der Waals surface area (Å²) in [5.74, 6) is -1.18. The van der Waals surface area contributed by atoms with E-state index in [0.29, 0.717) is 19.4 Å². The average Bonchev–Trinajstić information content (AvgIpc) is 2.92. The molecule has 0 aliphatic heterocycles. The van der Waals surface area contributed by atoms with Gasteiger partial charge in [-0.1, -0.05) is 103 Å². The number of aromatic nitrogens is 1. The van der Waals surface area contributed by atoms with Gasteiger partial charge in [0.15, 0.2) is 18.5 Å². The highest BCUT2D eigenvalue weighted by molar-refractivity contribution is 5.70. The standard InChI is InChI=1S/C32H54NO6.ClH/c1-3-4-5-6-7-8-9-10-11-12-13-14-15-16-18-22-31(35)37-27-30(39-29(2)34)28-38-32(36)23-21-26-33-24-19-17-20-25-33;/h17,19-20,24-25,30H,3-16,18,21-23,26-28H2,1-2H3;1H/q+1;/p-1/t30-;/m0./s1. The molecule has 0 bridgehead atoms. The maximum atomic E-state index is 12.1. The van der Waals surface area contributed by atoms with Gasteiger partial charge in [-0.25, -0.2) is 4.57 Å². The second-order valence-corrected chi connectivity index (χ2v) is 10.5. The molecule has 0 spiro atoms. The first-order valence-electron chi connectivity index (χ1n) is 15.4. The molecule has 0 aliphatic carbocycles. The predicted molar refractivity (Wildman–Crippen MR) is 153 cm³/mol. The molecule has 8 heteroatoms. The fourth-order valence-corrected chi connectivity index (χ4v) is 4.50. The second-order valence-electron chi connectivity index (χ2n) is 10.5. The Balaban J connectivity index is 0.0000152. The number of aryl methyl sites for hydroxylation is 1. The summed E-state index contributed by atoms with van der Waals surface area (Å²) in [4.78, 5) is 35.6. The first kappa shape index (κ1) is 37.9. The normalized spacial score (nSPS) is 11.3. The summed E-state index contributed by atoms with van der Waals surface area (Å²) in [5.41, 5.74) is 0. The minimum Gasteiger partial charge on any atom is -1.00 e. The lowest BCUT2D eigenvalue weighted by atomic mass is 10.0. The number of esters is 3. The van der Waals surface area contributed by atoms with Gasteiger partial charge in [0, 0.05) is 31.9 Å². The summed E-state index contributed by atoms with van der Waals surface area (Å²) in [7, 11) is 0. The van der Waals surface area contributed by atoms with Crippen molar-refractivity contribution in [3.8, 4) is 0 Å². The molecule has 0 aromatic carbocycles. The maximum Gasteiger partial charge on any atom is 0.306 e. The molecule has 1 aromatic rings. The number of carbonyl (C=O) groups is 3. The molecular weight excluding hydrogens is 530 g/mol. The average molecular weight is 584 g/mol. The van der Waals surface area contributed by atoms with Crippen LogP contribution in [0.4, 0.5) is 0 Å². The van der Waals surface area contributed by atoms with Crippen LogP contribution in [0.25, 0.3) is 0 Å². The van der Waals surface area contributed by atoms with E-state index in [1.54, 1.807) is 0 Å². The SMILES string of the molecule is CCCCCCCCCCCCCCCCCC(=O)OC[C@@H](COC(=O)CCC[n+]1ccccc1)OC(C)=O.[Cl-]. The van der Waals surface area contributed by atoms with Crippen LogP contribution in [-0.4, -0.2) is 37.2 Å². The van der Waals surface area contributed by atoms with E-state index in [2.05, 4.69) is 6.92 Å². The molecule has 0 aliphatic rings. The Morgan fingerprint density at radius 1 is 0.625 bits per heavy atom. The van der Waals surface area contributed by atoms with E-state index in [4.69, 9.17) is 14.2 Å². The Hall–Kier alpha value is -2.15. The molecule has 0 N–H and O–H groups in total. The molecule has 0 radical (unpaired) electrons. The lowest BCUT2D eigenvalue weighted by Crippen LogP contribution is -3.00. The lowest BCUT2D eigenvalue weighted by Gasteiger charge is -2.17. The second kappa shape index (κ2) is 27.0. The van der Waals surface area contributed by atoms with Crippen LogP contribution in [0.3, 0.4) is 0 Å². The van der Waals surface area contributed by atoms with E-state index in [1.165, 1.54) is 84.0 Å². The summed E-state index contributed by atoms with van der Waals surface area (Å²) in [6.45, 7) is 4.02. The number of pyridine rings is 1. The molecule has 0 unspecified atom stereocenters. The van der Waals surface area contributed by atoms with E-state index in [0.717, 1.165) is 19.3 Å². The molecule has 0 saturated heterocycles. The van der Waals surface area contributed by atoms with Crippen molar-refractivity contribution in [1.29, 1.82) is 0 Å². The molecule has 230 valence electrons. The predicted octanol–water partition coefficient (Wildman–Crippen LogP) is 4.04. The third kappa shape index (κ3) is 23.7. The van der Waals surface area contributed by atoms with Crippen molar-refractivity contribution in [2.24, 2.45) is 0 Å².